The number of aliphatic carboxylic acids is 1. The third-order valence-corrected chi connectivity index (χ3v) is 4.92. The summed E-state index contributed by atoms with van der Waals surface area (Å²) in [4.78, 5) is 25.8. The number of likely N-dealkylation sites (tertiary alicyclic amines) is 1. The molecule has 1 saturated carbocycles. The van der Waals surface area contributed by atoms with Crippen LogP contribution >= 0.6 is 0 Å². The summed E-state index contributed by atoms with van der Waals surface area (Å²) in [5, 5.41) is 13.5. The van der Waals surface area contributed by atoms with Crippen molar-refractivity contribution in [1.82, 2.24) is 14.7 Å². The molecule has 0 aromatic carbocycles. The second kappa shape index (κ2) is 5.50. The number of carboxylic acids is 1. The summed E-state index contributed by atoms with van der Waals surface area (Å²) in [6.45, 7) is 0. The first kappa shape index (κ1) is 14.1. The molecule has 2 fully saturated rings. The predicted octanol–water partition coefficient (Wildman–Crippen LogP) is 1.21. The SMILES string of the molecule is Cn1nccc1CC(=O)N1C(C(=O)O)CC2CCCCC21. The van der Waals surface area contributed by atoms with E-state index in [4.69, 9.17) is 0 Å². The Morgan fingerprint density at radius 3 is 2.81 bits per heavy atom. The summed E-state index contributed by atoms with van der Waals surface area (Å²) in [6, 6.07) is 1.27. The first-order valence-corrected chi connectivity index (χ1v) is 7.58. The van der Waals surface area contributed by atoms with Crippen LogP contribution in [0.4, 0.5) is 0 Å². The van der Waals surface area contributed by atoms with Crippen molar-refractivity contribution in [2.45, 2.75) is 50.6 Å². The Labute approximate surface area is 123 Å². The van der Waals surface area contributed by atoms with Gasteiger partial charge in [0, 0.05) is 25.0 Å². The van der Waals surface area contributed by atoms with E-state index >= 15 is 0 Å². The third kappa shape index (κ3) is 2.54. The molecule has 0 bridgehead atoms. The van der Waals surface area contributed by atoms with Gasteiger partial charge in [-0.1, -0.05) is 12.8 Å². The predicted molar refractivity (Wildman–Crippen MR) is 75.5 cm³/mol. The topological polar surface area (TPSA) is 75.4 Å². The van der Waals surface area contributed by atoms with Gasteiger partial charge in [0.1, 0.15) is 6.04 Å². The van der Waals surface area contributed by atoms with Gasteiger partial charge in [-0.15, -0.1) is 0 Å². The zero-order valence-electron chi connectivity index (χ0n) is 12.2. The fraction of sp³-hybridized carbons (Fsp3) is 0.667. The van der Waals surface area contributed by atoms with Crippen LogP contribution in [0.2, 0.25) is 0 Å². The van der Waals surface area contributed by atoms with Crippen molar-refractivity contribution in [1.29, 1.82) is 0 Å². The van der Waals surface area contributed by atoms with E-state index < -0.39 is 12.0 Å². The van der Waals surface area contributed by atoms with Crippen LogP contribution in [0.15, 0.2) is 12.3 Å². The van der Waals surface area contributed by atoms with Gasteiger partial charge in [-0.3, -0.25) is 9.48 Å². The standard InChI is InChI=1S/C15H21N3O3/c1-17-11(6-7-16-17)9-14(19)18-12-5-3-2-4-10(12)8-13(18)15(20)21/h6-7,10,12-13H,2-5,8-9H2,1H3,(H,20,21). The fourth-order valence-electron chi connectivity index (χ4n) is 3.86. The highest BCUT2D eigenvalue weighted by Gasteiger charge is 2.47. The van der Waals surface area contributed by atoms with E-state index in [2.05, 4.69) is 5.10 Å². The summed E-state index contributed by atoms with van der Waals surface area (Å²) in [6.07, 6.45) is 6.71. The monoisotopic (exact) mass is 291 g/mol. The molecule has 2 heterocycles. The van der Waals surface area contributed by atoms with Crippen LogP contribution in [0.25, 0.3) is 0 Å². The lowest BCUT2D eigenvalue weighted by Crippen LogP contribution is -2.47. The number of hydrogen-bond acceptors (Lipinski definition) is 3. The lowest BCUT2D eigenvalue weighted by molar-refractivity contribution is -0.149. The van der Waals surface area contributed by atoms with Gasteiger partial charge in [-0.05, 0) is 31.2 Å². The molecule has 2 aliphatic rings. The van der Waals surface area contributed by atoms with Gasteiger partial charge >= 0.3 is 5.97 Å². The number of aryl methyl sites for hydroxylation is 1. The van der Waals surface area contributed by atoms with Crippen LogP contribution in [-0.2, 0) is 23.1 Å². The first-order valence-electron chi connectivity index (χ1n) is 7.58. The largest absolute Gasteiger partial charge is 0.480 e. The number of amides is 1. The smallest absolute Gasteiger partial charge is 0.326 e. The second-order valence-electron chi connectivity index (χ2n) is 6.13. The highest BCUT2D eigenvalue weighted by Crippen LogP contribution is 2.40. The van der Waals surface area contributed by atoms with Crippen molar-refractivity contribution in [3.05, 3.63) is 18.0 Å². The van der Waals surface area contributed by atoms with E-state index in [9.17, 15) is 14.7 Å². The Kier molecular flexibility index (Phi) is 3.69. The summed E-state index contributed by atoms with van der Waals surface area (Å²) in [7, 11) is 1.80. The van der Waals surface area contributed by atoms with Crippen molar-refractivity contribution in [3.63, 3.8) is 0 Å². The van der Waals surface area contributed by atoms with Crippen LogP contribution in [0.5, 0.6) is 0 Å². The normalized spacial score (nSPS) is 28.4. The number of fused-ring (bicyclic) bond motifs is 1. The van der Waals surface area contributed by atoms with Gasteiger partial charge in [0.25, 0.3) is 0 Å². The fourth-order valence-corrected chi connectivity index (χ4v) is 3.86. The number of carbonyl (C=O) groups is 2. The average molecular weight is 291 g/mol. The first-order chi connectivity index (χ1) is 10.1. The number of hydrogen-bond donors (Lipinski definition) is 1. The van der Waals surface area contributed by atoms with Crippen LogP contribution in [0, 0.1) is 5.92 Å². The van der Waals surface area contributed by atoms with Gasteiger partial charge in [0.2, 0.25) is 5.91 Å². The molecule has 3 unspecified atom stereocenters. The molecule has 1 saturated heterocycles. The Bertz CT molecular complexity index is 554. The minimum Gasteiger partial charge on any atom is -0.480 e. The van der Waals surface area contributed by atoms with E-state index in [1.54, 1.807) is 22.8 Å². The molecule has 1 aromatic heterocycles. The summed E-state index contributed by atoms with van der Waals surface area (Å²) in [5.41, 5.74) is 0.823. The van der Waals surface area contributed by atoms with Crippen LogP contribution < -0.4 is 0 Å². The Hall–Kier alpha value is -1.85. The van der Waals surface area contributed by atoms with Gasteiger partial charge in [0.05, 0.1) is 6.42 Å². The summed E-state index contributed by atoms with van der Waals surface area (Å²) in [5.74, 6) is -0.599. The number of aromatic nitrogens is 2. The molecule has 1 amide bonds. The van der Waals surface area contributed by atoms with Crippen LogP contribution in [-0.4, -0.2) is 43.7 Å². The quantitative estimate of drug-likeness (QED) is 0.908. The maximum atomic E-state index is 12.7. The van der Waals surface area contributed by atoms with Gasteiger partial charge < -0.3 is 10.0 Å². The minimum absolute atomic E-state index is 0.0830. The van der Waals surface area contributed by atoms with Crippen molar-refractivity contribution in [2.75, 3.05) is 0 Å². The maximum Gasteiger partial charge on any atom is 0.326 e. The highest BCUT2D eigenvalue weighted by atomic mass is 16.4. The van der Waals surface area contributed by atoms with E-state index in [1.165, 1.54) is 0 Å². The summed E-state index contributed by atoms with van der Waals surface area (Å²) >= 11 is 0. The number of carbonyl (C=O) groups excluding carboxylic acids is 1. The molecule has 114 valence electrons. The maximum absolute atomic E-state index is 12.7. The zero-order valence-corrected chi connectivity index (χ0v) is 12.2. The lowest BCUT2D eigenvalue weighted by atomic mass is 9.84. The molecule has 6 nitrogen and oxygen atoms in total. The lowest BCUT2D eigenvalue weighted by Gasteiger charge is -2.33. The van der Waals surface area contributed by atoms with Crippen LogP contribution in [0.3, 0.4) is 0 Å². The Balaban J connectivity index is 1.81. The highest BCUT2D eigenvalue weighted by molar-refractivity contribution is 5.85. The van der Waals surface area contributed by atoms with Gasteiger partial charge in [-0.2, -0.15) is 5.10 Å². The number of carboxylic acid groups (broad SMARTS) is 1. The van der Waals surface area contributed by atoms with E-state index in [-0.39, 0.29) is 18.4 Å². The van der Waals surface area contributed by atoms with E-state index in [0.717, 1.165) is 31.4 Å². The number of nitrogens with zero attached hydrogens (tertiary/aromatic N) is 3. The molecule has 1 N–H and O–H groups in total. The molecular weight excluding hydrogens is 270 g/mol. The van der Waals surface area contributed by atoms with Gasteiger partial charge in [0.15, 0.2) is 0 Å². The Morgan fingerprint density at radius 1 is 1.38 bits per heavy atom. The molecule has 21 heavy (non-hydrogen) atoms. The molecule has 3 atom stereocenters. The molecule has 1 aromatic rings. The molecular formula is C15H21N3O3. The molecule has 1 aliphatic carbocycles. The van der Waals surface area contributed by atoms with Crippen molar-refractivity contribution in [3.8, 4) is 0 Å². The average Bonchev–Trinajstić information content (AvgIpc) is 3.03. The Morgan fingerprint density at radius 2 is 2.14 bits per heavy atom. The van der Waals surface area contributed by atoms with E-state index in [0.29, 0.717) is 12.3 Å². The summed E-state index contributed by atoms with van der Waals surface area (Å²) < 4.78 is 1.67. The second-order valence-corrected chi connectivity index (χ2v) is 6.13. The molecule has 3 rings (SSSR count). The molecule has 6 heteroatoms. The third-order valence-electron chi connectivity index (χ3n) is 4.92. The van der Waals surface area contributed by atoms with E-state index in [1.807, 2.05) is 6.07 Å². The molecule has 1 aliphatic heterocycles. The molecule has 0 radical (unpaired) electrons. The minimum atomic E-state index is -0.872. The van der Waals surface area contributed by atoms with Gasteiger partial charge in [-0.25, -0.2) is 4.79 Å². The zero-order chi connectivity index (χ0) is 15.0. The van der Waals surface area contributed by atoms with Crippen LogP contribution in [0.1, 0.15) is 37.8 Å². The van der Waals surface area contributed by atoms with Crippen molar-refractivity contribution < 1.29 is 14.7 Å². The van der Waals surface area contributed by atoms with Crippen molar-refractivity contribution in [2.24, 2.45) is 13.0 Å². The van der Waals surface area contributed by atoms with Crippen molar-refractivity contribution >= 4 is 11.9 Å². The molecule has 0 spiro atoms. The number of rotatable bonds is 3.